The summed E-state index contributed by atoms with van der Waals surface area (Å²) in [5.74, 6) is 0. The van der Waals surface area contributed by atoms with Crippen LogP contribution in [0.25, 0.3) is 0 Å². The van der Waals surface area contributed by atoms with Crippen LogP contribution in [0, 0.1) is 0 Å². The number of benzene rings is 1. The molecular formula is C14H23NO2S. The quantitative estimate of drug-likeness (QED) is 0.735. The predicted octanol–water partition coefficient (Wildman–Crippen LogP) is 3.47. The van der Waals surface area contributed by atoms with Crippen molar-refractivity contribution in [2.24, 2.45) is 0 Å². The van der Waals surface area contributed by atoms with Crippen molar-refractivity contribution in [2.45, 2.75) is 43.9 Å². The van der Waals surface area contributed by atoms with E-state index in [0.717, 1.165) is 18.7 Å². The summed E-state index contributed by atoms with van der Waals surface area (Å²) in [6.07, 6.45) is 7.51. The Kier molecular flexibility index (Phi) is 6.19. The van der Waals surface area contributed by atoms with Crippen LogP contribution in [0.1, 0.15) is 39.0 Å². The van der Waals surface area contributed by atoms with Crippen LogP contribution in [0.3, 0.4) is 0 Å². The standard InChI is InChI=1S/C14H23NO2S/c1-3-4-5-6-7-12-15-13-8-10-14(11-9-13)18(2,16)17/h8-11,15H,3-7,12H2,1-2H3. The van der Waals surface area contributed by atoms with Gasteiger partial charge in [0.2, 0.25) is 0 Å². The molecule has 0 aliphatic carbocycles. The number of sulfone groups is 1. The molecule has 0 heterocycles. The molecule has 0 unspecified atom stereocenters. The van der Waals surface area contributed by atoms with Gasteiger partial charge in [-0.2, -0.15) is 0 Å². The van der Waals surface area contributed by atoms with Gasteiger partial charge in [0.15, 0.2) is 9.84 Å². The number of hydrogen-bond acceptors (Lipinski definition) is 3. The average molecular weight is 269 g/mol. The van der Waals surface area contributed by atoms with E-state index in [2.05, 4.69) is 12.2 Å². The largest absolute Gasteiger partial charge is 0.385 e. The Hall–Kier alpha value is -1.03. The Morgan fingerprint density at radius 3 is 2.17 bits per heavy atom. The van der Waals surface area contributed by atoms with Crippen LogP contribution in [0.15, 0.2) is 29.2 Å². The van der Waals surface area contributed by atoms with Crippen molar-refractivity contribution in [3.8, 4) is 0 Å². The van der Waals surface area contributed by atoms with Gasteiger partial charge in [0, 0.05) is 18.5 Å². The summed E-state index contributed by atoms with van der Waals surface area (Å²) in [4.78, 5) is 0.371. The highest BCUT2D eigenvalue weighted by molar-refractivity contribution is 7.90. The number of unbranched alkanes of at least 4 members (excludes halogenated alkanes) is 4. The molecule has 0 aliphatic heterocycles. The normalized spacial score (nSPS) is 11.4. The van der Waals surface area contributed by atoms with Crippen LogP contribution in [0.4, 0.5) is 5.69 Å². The molecule has 1 N–H and O–H groups in total. The maximum atomic E-state index is 11.3. The van der Waals surface area contributed by atoms with Crippen molar-refractivity contribution in [3.63, 3.8) is 0 Å². The van der Waals surface area contributed by atoms with Crippen molar-refractivity contribution in [3.05, 3.63) is 24.3 Å². The second-order valence-electron chi connectivity index (χ2n) is 4.64. The summed E-state index contributed by atoms with van der Waals surface area (Å²) < 4.78 is 22.6. The number of rotatable bonds is 8. The molecule has 0 spiro atoms. The Morgan fingerprint density at radius 2 is 1.61 bits per heavy atom. The lowest BCUT2D eigenvalue weighted by molar-refractivity contribution is 0.602. The van der Waals surface area contributed by atoms with E-state index in [-0.39, 0.29) is 0 Å². The van der Waals surface area contributed by atoms with Crippen molar-refractivity contribution in [1.29, 1.82) is 0 Å². The van der Waals surface area contributed by atoms with Gasteiger partial charge in [0.1, 0.15) is 0 Å². The van der Waals surface area contributed by atoms with Gasteiger partial charge in [-0.3, -0.25) is 0 Å². The van der Waals surface area contributed by atoms with Gasteiger partial charge in [0.05, 0.1) is 4.90 Å². The predicted molar refractivity (Wildman–Crippen MR) is 76.8 cm³/mol. The fourth-order valence-electron chi connectivity index (χ4n) is 1.78. The molecule has 0 aromatic heterocycles. The first-order valence-corrected chi connectivity index (χ1v) is 8.47. The molecule has 4 heteroatoms. The van der Waals surface area contributed by atoms with E-state index in [9.17, 15) is 8.42 Å². The Balaban J connectivity index is 2.32. The first kappa shape index (κ1) is 15.0. The lowest BCUT2D eigenvalue weighted by atomic mass is 10.1. The van der Waals surface area contributed by atoms with Crippen LogP contribution in [0.5, 0.6) is 0 Å². The fraction of sp³-hybridized carbons (Fsp3) is 0.571. The second-order valence-corrected chi connectivity index (χ2v) is 6.65. The molecule has 0 atom stereocenters. The molecule has 0 bridgehead atoms. The minimum absolute atomic E-state index is 0.371. The Labute approximate surface area is 111 Å². The van der Waals surface area contributed by atoms with Gasteiger partial charge in [0.25, 0.3) is 0 Å². The van der Waals surface area contributed by atoms with Crippen LogP contribution < -0.4 is 5.32 Å². The van der Waals surface area contributed by atoms with E-state index in [1.807, 2.05) is 12.1 Å². The van der Waals surface area contributed by atoms with E-state index in [1.54, 1.807) is 12.1 Å². The maximum absolute atomic E-state index is 11.3. The zero-order valence-corrected chi connectivity index (χ0v) is 12.1. The maximum Gasteiger partial charge on any atom is 0.175 e. The molecule has 0 radical (unpaired) electrons. The van der Waals surface area contributed by atoms with Gasteiger partial charge in [-0.1, -0.05) is 32.6 Å². The summed E-state index contributed by atoms with van der Waals surface area (Å²) in [6, 6.07) is 6.94. The third-order valence-corrected chi connectivity index (χ3v) is 4.02. The number of hydrogen-bond donors (Lipinski definition) is 1. The molecule has 0 saturated heterocycles. The van der Waals surface area contributed by atoms with E-state index >= 15 is 0 Å². The second kappa shape index (κ2) is 7.41. The minimum atomic E-state index is -3.08. The molecule has 102 valence electrons. The summed E-state index contributed by atoms with van der Waals surface area (Å²) in [5.41, 5.74) is 0.984. The smallest absolute Gasteiger partial charge is 0.175 e. The van der Waals surface area contributed by atoms with E-state index in [0.29, 0.717) is 4.90 Å². The zero-order valence-electron chi connectivity index (χ0n) is 11.3. The Bertz CT molecular complexity index is 437. The summed E-state index contributed by atoms with van der Waals surface area (Å²) >= 11 is 0. The summed E-state index contributed by atoms with van der Waals surface area (Å²) in [7, 11) is -3.08. The third-order valence-electron chi connectivity index (χ3n) is 2.89. The van der Waals surface area contributed by atoms with E-state index < -0.39 is 9.84 Å². The zero-order chi connectivity index (χ0) is 13.4. The molecule has 0 fully saturated rings. The van der Waals surface area contributed by atoms with Gasteiger partial charge in [-0.15, -0.1) is 0 Å². The molecule has 1 rings (SSSR count). The number of anilines is 1. The first-order valence-electron chi connectivity index (χ1n) is 6.58. The van der Waals surface area contributed by atoms with Gasteiger partial charge in [-0.25, -0.2) is 8.42 Å². The molecule has 3 nitrogen and oxygen atoms in total. The van der Waals surface area contributed by atoms with Gasteiger partial charge in [-0.05, 0) is 30.7 Å². The molecule has 0 aliphatic rings. The highest BCUT2D eigenvalue weighted by atomic mass is 32.2. The summed E-state index contributed by atoms with van der Waals surface area (Å²) in [5, 5.41) is 3.31. The van der Waals surface area contributed by atoms with E-state index in [1.165, 1.54) is 31.9 Å². The minimum Gasteiger partial charge on any atom is -0.385 e. The lowest BCUT2D eigenvalue weighted by Gasteiger charge is -2.07. The van der Waals surface area contributed by atoms with Crippen molar-refractivity contribution >= 4 is 15.5 Å². The SMILES string of the molecule is CCCCCCCNc1ccc(S(C)(=O)=O)cc1. The van der Waals surface area contributed by atoms with Crippen molar-refractivity contribution in [2.75, 3.05) is 18.1 Å². The Morgan fingerprint density at radius 1 is 1.00 bits per heavy atom. The molecule has 1 aromatic rings. The highest BCUT2D eigenvalue weighted by Gasteiger charge is 2.05. The highest BCUT2D eigenvalue weighted by Crippen LogP contribution is 2.14. The van der Waals surface area contributed by atoms with Gasteiger partial charge >= 0.3 is 0 Å². The van der Waals surface area contributed by atoms with Crippen LogP contribution >= 0.6 is 0 Å². The van der Waals surface area contributed by atoms with Crippen LogP contribution in [-0.2, 0) is 9.84 Å². The molecule has 1 aromatic carbocycles. The topological polar surface area (TPSA) is 46.2 Å². The molecule has 0 amide bonds. The van der Waals surface area contributed by atoms with Crippen molar-refractivity contribution in [1.82, 2.24) is 0 Å². The first-order chi connectivity index (χ1) is 8.54. The molecule has 18 heavy (non-hydrogen) atoms. The monoisotopic (exact) mass is 269 g/mol. The lowest BCUT2D eigenvalue weighted by Crippen LogP contribution is -2.02. The van der Waals surface area contributed by atoms with E-state index in [4.69, 9.17) is 0 Å². The molecular weight excluding hydrogens is 246 g/mol. The van der Waals surface area contributed by atoms with Crippen LogP contribution in [-0.4, -0.2) is 21.2 Å². The average Bonchev–Trinajstić information content (AvgIpc) is 2.33. The van der Waals surface area contributed by atoms with Gasteiger partial charge < -0.3 is 5.32 Å². The van der Waals surface area contributed by atoms with Crippen LogP contribution in [0.2, 0.25) is 0 Å². The summed E-state index contributed by atoms with van der Waals surface area (Å²) in [6.45, 7) is 3.16. The number of nitrogens with one attached hydrogen (secondary N) is 1. The third kappa shape index (κ3) is 5.54. The fourth-order valence-corrected chi connectivity index (χ4v) is 2.41. The van der Waals surface area contributed by atoms with Crippen molar-refractivity contribution < 1.29 is 8.42 Å². The molecule has 0 saturated carbocycles.